The van der Waals surface area contributed by atoms with Crippen molar-refractivity contribution in [1.29, 1.82) is 0 Å². The Kier molecular flexibility index (Phi) is 11.4. The molecule has 3 rings (SSSR count). The van der Waals surface area contributed by atoms with Crippen LogP contribution in [0.25, 0.3) is 11.3 Å². The molecule has 0 bridgehead atoms. The van der Waals surface area contributed by atoms with E-state index in [-0.39, 0.29) is 12.5 Å². The third-order valence-corrected chi connectivity index (χ3v) is 3.57. The lowest BCUT2D eigenvalue weighted by Gasteiger charge is -2.08. The molecule has 3 aromatic rings. The van der Waals surface area contributed by atoms with Gasteiger partial charge in [0.05, 0.1) is 24.8 Å². The van der Waals surface area contributed by atoms with Gasteiger partial charge in [-0.1, -0.05) is 44.5 Å². The molecule has 0 aliphatic rings. The molecule has 158 valence electrons. The molecule has 2 aromatic heterocycles. The normalized spacial score (nSPS) is 9.57. The highest BCUT2D eigenvalue weighted by molar-refractivity contribution is 6.30. The van der Waals surface area contributed by atoms with Crippen molar-refractivity contribution in [3.8, 4) is 24.1 Å². The Morgan fingerprint density at radius 1 is 1.13 bits per heavy atom. The highest BCUT2D eigenvalue weighted by Gasteiger charge is 2.05. The van der Waals surface area contributed by atoms with Gasteiger partial charge in [0.15, 0.2) is 0 Å². The van der Waals surface area contributed by atoms with Crippen molar-refractivity contribution in [3.05, 3.63) is 65.8 Å². The number of carbonyl (C=O) groups is 1. The first-order chi connectivity index (χ1) is 14.4. The lowest BCUT2D eigenvalue weighted by Crippen LogP contribution is -2.29. The van der Waals surface area contributed by atoms with Gasteiger partial charge < -0.3 is 15.1 Å². The van der Waals surface area contributed by atoms with Crippen LogP contribution in [0.4, 0.5) is 5.82 Å². The van der Waals surface area contributed by atoms with Crippen molar-refractivity contribution in [3.63, 3.8) is 0 Å². The molecule has 0 aliphatic heterocycles. The van der Waals surface area contributed by atoms with E-state index in [9.17, 15) is 4.79 Å². The molecule has 0 saturated carbocycles. The van der Waals surface area contributed by atoms with E-state index in [0.717, 1.165) is 22.7 Å². The number of rotatable bonds is 6. The molecule has 0 atom stereocenters. The van der Waals surface area contributed by atoms with Crippen LogP contribution in [0.3, 0.4) is 0 Å². The number of hydrogen-bond acceptors (Lipinski definition) is 5. The number of hydrogen-bond donors (Lipinski definition) is 2. The van der Waals surface area contributed by atoms with Crippen molar-refractivity contribution < 1.29 is 9.21 Å². The van der Waals surface area contributed by atoms with Crippen molar-refractivity contribution in [2.24, 2.45) is 5.92 Å². The Hall–Kier alpha value is -3.30. The molecule has 2 heterocycles. The van der Waals surface area contributed by atoms with Gasteiger partial charge in [0.1, 0.15) is 12.1 Å². The first kappa shape index (κ1) is 24.7. The molecule has 0 spiro atoms. The predicted octanol–water partition coefficient (Wildman–Crippen LogP) is 5.03. The number of nitrogens with zero attached hydrogens (tertiary/aromatic N) is 2. The number of terminal acetylenes is 1. The minimum atomic E-state index is -0.131. The van der Waals surface area contributed by atoms with Crippen molar-refractivity contribution in [2.75, 3.05) is 11.9 Å². The topological polar surface area (TPSA) is 80.1 Å². The van der Waals surface area contributed by atoms with Crippen molar-refractivity contribution in [1.82, 2.24) is 15.3 Å². The Bertz CT molecular complexity index is 888. The molecule has 0 unspecified atom stereocenters. The van der Waals surface area contributed by atoms with Gasteiger partial charge in [-0.15, -0.1) is 12.8 Å². The molecule has 1 aromatic carbocycles. The van der Waals surface area contributed by atoms with Gasteiger partial charge in [-0.3, -0.25) is 4.79 Å². The molecular weight excluding hydrogens is 400 g/mol. The smallest absolute Gasteiger partial charge is 0.239 e. The van der Waals surface area contributed by atoms with Crippen LogP contribution in [0.5, 0.6) is 0 Å². The van der Waals surface area contributed by atoms with Crippen LogP contribution in [0, 0.1) is 18.8 Å². The van der Waals surface area contributed by atoms with E-state index < -0.39 is 0 Å². The number of halogens is 1. The summed E-state index contributed by atoms with van der Waals surface area (Å²) >= 11 is 5.83. The number of carbonyl (C=O) groups excluding carboxylic acids is 1. The van der Waals surface area contributed by atoms with Crippen LogP contribution >= 0.6 is 11.6 Å². The number of furan rings is 1. The Balaban J connectivity index is 0.000000673. The van der Waals surface area contributed by atoms with Gasteiger partial charge in [-0.25, -0.2) is 9.97 Å². The molecule has 6 nitrogen and oxygen atoms in total. The SMILES string of the molecule is C#C.CC(C)C.O=C(CNc1cc(-c2ccoc2)ncn1)NCc1ccc(Cl)cc1. The third-order valence-electron chi connectivity index (χ3n) is 3.32. The zero-order chi connectivity index (χ0) is 22.4. The number of anilines is 1. The molecule has 0 fully saturated rings. The van der Waals surface area contributed by atoms with Crippen LogP contribution in [-0.4, -0.2) is 22.4 Å². The van der Waals surface area contributed by atoms with Crippen LogP contribution in [0.1, 0.15) is 26.3 Å². The summed E-state index contributed by atoms with van der Waals surface area (Å²) < 4.78 is 5.04. The van der Waals surface area contributed by atoms with Crippen LogP contribution in [0.2, 0.25) is 5.02 Å². The van der Waals surface area contributed by atoms with Crippen molar-refractivity contribution >= 4 is 23.3 Å². The van der Waals surface area contributed by atoms with E-state index in [1.807, 2.05) is 18.2 Å². The molecule has 7 heteroatoms. The summed E-state index contributed by atoms with van der Waals surface area (Å²) in [6.07, 6.45) is 12.6. The number of benzene rings is 1. The van der Waals surface area contributed by atoms with Gasteiger partial charge in [0, 0.05) is 23.2 Å². The largest absolute Gasteiger partial charge is 0.472 e. The fourth-order valence-corrected chi connectivity index (χ4v) is 2.18. The number of aromatic nitrogens is 2. The highest BCUT2D eigenvalue weighted by Crippen LogP contribution is 2.18. The second-order valence-electron chi connectivity index (χ2n) is 6.79. The molecule has 0 radical (unpaired) electrons. The maximum Gasteiger partial charge on any atom is 0.239 e. The summed E-state index contributed by atoms with van der Waals surface area (Å²) in [7, 11) is 0. The quantitative estimate of drug-likeness (QED) is 0.540. The zero-order valence-electron chi connectivity index (χ0n) is 17.4. The lowest BCUT2D eigenvalue weighted by atomic mass is 10.2. The van der Waals surface area contributed by atoms with Gasteiger partial charge in [0.25, 0.3) is 0 Å². The van der Waals surface area contributed by atoms with E-state index in [0.29, 0.717) is 17.4 Å². The summed E-state index contributed by atoms with van der Waals surface area (Å²) in [6.45, 7) is 7.07. The number of amides is 1. The summed E-state index contributed by atoms with van der Waals surface area (Å²) in [5.74, 6) is 1.27. The van der Waals surface area contributed by atoms with E-state index in [1.165, 1.54) is 6.33 Å². The maximum atomic E-state index is 11.9. The van der Waals surface area contributed by atoms with Crippen LogP contribution in [0.15, 0.2) is 59.7 Å². The number of nitrogens with one attached hydrogen (secondary N) is 2. The first-order valence-corrected chi connectivity index (χ1v) is 9.75. The van der Waals surface area contributed by atoms with Gasteiger partial charge in [-0.05, 0) is 29.7 Å². The summed E-state index contributed by atoms with van der Waals surface area (Å²) in [6, 6.07) is 10.9. The Morgan fingerprint density at radius 2 is 1.80 bits per heavy atom. The second kappa shape index (κ2) is 13.8. The fourth-order valence-electron chi connectivity index (χ4n) is 2.06. The monoisotopic (exact) mass is 426 g/mol. The van der Waals surface area contributed by atoms with Crippen LogP contribution < -0.4 is 10.6 Å². The molecule has 0 aliphatic carbocycles. The summed E-state index contributed by atoms with van der Waals surface area (Å²) in [5, 5.41) is 6.48. The summed E-state index contributed by atoms with van der Waals surface area (Å²) in [5.41, 5.74) is 2.56. The fraction of sp³-hybridized carbons (Fsp3) is 0.261. The minimum absolute atomic E-state index is 0.120. The molecule has 2 N–H and O–H groups in total. The Labute approximate surface area is 183 Å². The molecule has 1 amide bonds. The zero-order valence-corrected chi connectivity index (χ0v) is 18.2. The van der Waals surface area contributed by atoms with E-state index in [2.05, 4.69) is 54.2 Å². The maximum absolute atomic E-state index is 11.9. The second-order valence-corrected chi connectivity index (χ2v) is 7.23. The van der Waals surface area contributed by atoms with Crippen molar-refractivity contribution in [2.45, 2.75) is 27.3 Å². The molecular formula is C23H27ClN4O2. The highest BCUT2D eigenvalue weighted by atomic mass is 35.5. The minimum Gasteiger partial charge on any atom is -0.472 e. The molecule has 30 heavy (non-hydrogen) atoms. The standard InChI is InChI=1S/C17H15ClN4O2.C4H10.C2H2/c18-14-3-1-12(2-4-14)8-20-17(23)9-19-16-7-15(21-11-22-16)13-5-6-24-10-13;1-4(2)3;1-2/h1-7,10-11H,8-9H2,(H,20,23)(H,19,21,22);4H,1-3H3;1-2H. The van der Waals surface area contributed by atoms with E-state index >= 15 is 0 Å². The molecule has 0 saturated heterocycles. The third kappa shape index (κ3) is 9.76. The summed E-state index contributed by atoms with van der Waals surface area (Å²) in [4.78, 5) is 20.2. The van der Waals surface area contributed by atoms with Gasteiger partial charge in [0.2, 0.25) is 5.91 Å². The van der Waals surface area contributed by atoms with Crippen LogP contribution in [-0.2, 0) is 11.3 Å². The Morgan fingerprint density at radius 3 is 2.40 bits per heavy atom. The lowest BCUT2D eigenvalue weighted by molar-refractivity contribution is -0.119. The average molecular weight is 427 g/mol. The van der Waals surface area contributed by atoms with Gasteiger partial charge in [-0.2, -0.15) is 0 Å². The predicted molar refractivity (Wildman–Crippen MR) is 122 cm³/mol. The van der Waals surface area contributed by atoms with E-state index in [4.69, 9.17) is 16.0 Å². The van der Waals surface area contributed by atoms with E-state index in [1.54, 1.807) is 30.7 Å². The van der Waals surface area contributed by atoms with Gasteiger partial charge >= 0.3 is 0 Å². The average Bonchev–Trinajstić information content (AvgIpc) is 3.28. The first-order valence-electron chi connectivity index (χ1n) is 9.37.